The molecule has 2 rings (SSSR count). The lowest BCUT2D eigenvalue weighted by Gasteiger charge is -2.14. The number of anilines is 2. The Morgan fingerprint density at radius 3 is 2.60 bits per heavy atom. The molecule has 3 N–H and O–H groups in total. The van der Waals surface area contributed by atoms with Gasteiger partial charge in [0.25, 0.3) is 0 Å². The molecule has 0 unspecified atom stereocenters. The van der Waals surface area contributed by atoms with Crippen LogP contribution in [0.2, 0.25) is 0 Å². The summed E-state index contributed by atoms with van der Waals surface area (Å²) in [5.41, 5.74) is 9.49. The number of hydrogen-bond acceptors (Lipinski definition) is 3. The van der Waals surface area contributed by atoms with Crippen molar-refractivity contribution in [2.75, 3.05) is 12.4 Å². The maximum Gasteiger partial charge on any atom is 0.120 e. The molecule has 104 valence electrons. The van der Waals surface area contributed by atoms with Gasteiger partial charge in [0, 0.05) is 16.1 Å². The highest BCUT2D eigenvalue weighted by Crippen LogP contribution is 2.30. The van der Waals surface area contributed by atoms with E-state index in [0.717, 1.165) is 32.7 Å². The van der Waals surface area contributed by atoms with Crippen molar-refractivity contribution >= 4 is 44.5 Å². The molecule has 0 aliphatic heterocycles. The SMILES string of the molecule is COc1ccc(C(N)=S)c(Nc2cc(C)ccc2Br)c1. The van der Waals surface area contributed by atoms with Crippen LogP contribution >= 0.6 is 28.1 Å². The van der Waals surface area contributed by atoms with Crippen molar-refractivity contribution in [3.8, 4) is 5.75 Å². The molecule has 0 atom stereocenters. The Labute approximate surface area is 132 Å². The number of rotatable bonds is 4. The second-order valence-electron chi connectivity index (χ2n) is 4.38. The Morgan fingerprint density at radius 2 is 1.95 bits per heavy atom. The molecule has 0 fully saturated rings. The van der Waals surface area contributed by atoms with Crippen LogP contribution in [0.25, 0.3) is 0 Å². The van der Waals surface area contributed by atoms with E-state index in [1.807, 2.05) is 43.3 Å². The molecule has 2 aromatic rings. The first-order chi connectivity index (χ1) is 9.51. The molecule has 20 heavy (non-hydrogen) atoms. The van der Waals surface area contributed by atoms with Gasteiger partial charge in [-0.15, -0.1) is 0 Å². The van der Waals surface area contributed by atoms with E-state index < -0.39 is 0 Å². The van der Waals surface area contributed by atoms with Crippen LogP contribution in [-0.4, -0.2) is 12.1 Å². The average molecular weight is 351 g/mol. The number of ether oxygens (including phenoxy) is 1. The summed E-state index contributed by atoms with van der Waals surface area (Å²) in [5.74, 6) is 0.747. The largest absolute Gasteiger partial charge is 0.497 e. The zero-order valence-electron chi connectivity index (χ0n) is 11.2. The number of nitrogens with two attached hydrogens (primary N) is 1. The minimum absolute atomic E-state index is 0.346. The van der Waals surface area contributed by atoms with Crippen molar-refractivity contribution in [1.29, 1.82) is 0 Å². The van der Waals surface area contributed by atoms with Crippen LogP contribution in [0.5, 0.6) is 5.75 Å². The van der Waals surface area contributed by atoms with Crippen LogP contribution < -0.4 is 15.8 Å². The fourth-order valence-corrected chi connectivity index (χ4v) is 2.37. The topological polar surface area (TPSA) is 47.3 Å². The summed E-state index contributed by atoms with van der Waals surface area (Å²) in [4.78, 5) is 0.346. The summed E-state index contributed by atoms with van der Waals surface area (Å²) >= 11 is 8.62. The van der Waals surface area contributed by atoms with Crippen LogP contribution in [0.3, 0.4) is 0 Å². The number of aryl methyl sites for hydroxylation is 1. The van der Waals surface area contributed by atoms with Gasteiger partial charge in [-0.25, -0.2) is 0 Å². The zero-order valence-corrected chi connectivity index (χ0v) is 13.6. The monoisotopic (exact) mass is 350 g/mol. The zero-order chi connectivity index (χ0) is 14.7. The van der Waals surface area contributed by atoms with Crippen molar-refractivity contribution in [1.82, 2.24) is 0 Å². The van der Waals surface area contributed by atoms with Gasteiger partial charge in [0.15, 0.2) is 0 Å². The molecule has 0 heterocycles. The second-order valence-corrected chi connectivity index (χ2v) is 5.68. The van der Waals surface area contributed by atoms with Gasteiger partial charge >= 0.3 is 0 Å². The van der Waals surface area contributed by atoms with Crippen LogP contribution in [0, 0.1) is 6.92 Å². The highest BCUT2D eigenvalue weighted by atomic mass is 79.9. The molecule has 0 aliphatic rings. The molecule has 5 heteroatoms. The molecule has 0 saturated carbocycles. The fourth-order valence-electron chi connectivity index (χ4n) is 1.85. The van der Waals surface area contributed by atoms with Crippen LogP contribution in [0.1, 0.15) is 11.1 Å². The number of halogens is 1. The van der Waals surface area contributed by atoms with Crippen LogP contribution in [-0.2, 0) is 0 Å². The van der Waals surface area contributed by atoms with E-state index in [1.54, 1.807) is 7.11 Å². The van der Waals surface area contributed by atoms with Crippen molar-refractivity contribution < 1.29 is 4.74 Å². The Hall–Kier alpha value is -1.59. The summed E-state index contributed by atoms with van der Waals surface area (Å²) in [5, 5.41) is 3.34. The predicted molar refractivity (Wildman–Crippen MR) is 91.0 cm³/mol. The summed E-state index contributed by atoms with van der Waals surface area (Å²) in [6.07, 6.45) is 0. The van der Waals surface area contributed by atoms with Gasteiger partial charge in [-0.2, -0.15) is 0 Å². The van der Waals surface area contributed by atoms with E-state index in [9.17, 15) is 0 Å². The summed E-state index contributed by atoms with van der Waals surface area (Å²) in [7, 11) is 1.63. The molecular weight excluding hydrogens is 336 g/mol. The molecule has 0 spiro atoms. The number of nitrogens with one attached hydrogen (secondary N) is 1. The van der Waals surface area contributed by atoms with E-state index in [-0.39, 0.29) is 0 Å². The first-order valence-corrected chi connectivity index (χ1v) is 7.22. The number of benzene rings is 2. The number of methoxy groups -OCH3 is 1. The van der Waals surface area contributed by atoms with Crippen LogP contribution in [0.15, 0.2) is 40.9 Å². The lowest BCUT2D eigenvalue weighted by atomic mass is 10.1. The molecule has 0 aliphatic carbocycles. The lowest BCUT2D eigenvalue weighted by molar-refractivity contribution is 0.415. The third kappa shape index (κ3) is 3.29. The third-order valence-electron chi connectivity index (χ3n) is 2.88. The summed E-state index contributed by atoms with van der Waals surface area (Å²) < 4.78 is 6.22. The maximum absolute atomic E-state index is 5.77. The normalized spacial score (nSPS) is 10.2. The molecule has 3 nitrogen and oxygen atoms in total. The van der Waals surface area contributed by atoms with E-state index in [1.165, 1.54) is 0 Å². The maximum atomic E-state index is 5.77. The van der Waals surface area contributed by atoms with Crippen LogP contribution in [0.4, 0.5) is 11.4 Å². The third-order valence-corrected chi connectivity index (χ3v) is 3.79. The van der Waals surface area contributed by atoms with Crippen molar-refractivity contribution in [2.24, 2.45) is 5.73 Å². The van der Waals surface area contributed by atoms with Crippen molar-refractivity contribution in [2.45, 2.75) is 6.92 Å². The first-order valence-electron chi connectivity index (χ1n) is 6.02. The Balaban J connectivity index is 2.45. The number of hydrogen-bond donors (Lipinski definition) is 2. The minimum Gasteiger partial charge on any atom is -0.497 e. The highest BCUT2D eigenvalue weighted by Gasteiger charge is 2.09. The van der Waals surface area contributed by atoms with Gasteiger partial charge in [-0.05, 0) is 52.7 Å². The molecule has 0 amide bonds. The fraction of sp³-hybridized carbons (Fsp3) is 0.133. The van der Waals surface area contributed by atoms with Gasteiger partial charge in [-0.1, -0.05) is 18.3 Å². The average Bonchev–Trinajstić information content (AvgIpc) is 2.42. The smallest absolute Gasteiger partial charge is 0.120 e. The second kappa shape index (κ2) is 6.24. The van der Waals surface area contributed by atoms with Gasteiger partial charge in [0.05, 0.1) is 18.5 Å². The molecule has 2 aromatic carbocycles. The van der Waals surface area contributed by atoms with E-state index in [0.29, 0.717) is 4.99 Å². The van der Waals surface area contributed by atoms with Crippen molar-refractivity contribution in [3.05, 3.63) is 52.0 Å². The Morgan fingerprint density at radius 1 is 1.20 bits per heavy atom. The molecule has 0 aromatic heterocycles. The Bertz CT molecular complexity index is 658. The minimum atomic E-state index is 0.346. The first kappa shape index (κ1) is 14.8. The van der Waals surface area contributed by atoms with Gasteiger partial charge in [0.2, 0.25) is 0 Å². The predicted octanol–water partition coefficient (Wildman–Crippen LogP) is 4.14. The molecule has 0 bridgehead atoms. The molecular formula is C15H15BrN2OS. The standard InChI is InChI=1S/C15H15BrN2OS/c1-9-3-6-12(16)14(7-9)18-13-8-10(19-2)4-5-11(13)15(17)20/h3-8,18H,1-2H3,(H2,17,20). The van der Waals surface area contributed by atoms with E-state index in [2.05, 4.69) is 21.2 Å². The van der Waals surface area contributed by atoms with E-state index in [4.69, 9.17) is 22.7 Å². The Kier molecular flexibility index (Phi) is 4.62. The quantitative estimate of drug-likeness (QED) is 0.813. The summed E-state index contributed by atoms with van der Waals surface area (Å²) in [6.45, 7) is 2.04. The molecule has 0 radical (unpaired) electrons. The van der Waals surface area contributed by atoms with Gasteiger partial charge in [-0.3, -0.25) is 0 Å². The highest BCUT2D eigenvalue weighted by molar-refractivity contribution is 9.10. The van der Waals surface area contributed by atoms with Crippen molar-refractivity contribution in [3.63, 3.8) is 0 Å². The number of thiocarbonyl (C=S) groups is 1. The van der Waals surface area contributed by atoms with Gasteiger partial charge < -0.3 is 15.8 Å². The van der Waals surface area contributed by atoms with Gasteiger partial charge in [0.1, 0.15) is 10.7 Å². The summed E-state index contributed by atoms with van der Waals surface area (Å²) in [6, 6.07) is 11.7. The molecule has 0 saturated heterocycles. The van der Waals surface area contributed by atoms with E-state index >= 15 is 0 Å². The lowest BCUT2D eigenvalue weighted by Crippen LogP contribution is -2.12.